The second-order valence-electron chi connectivity index (χ2n) is 9.14. The number of urea groups is 1. The molecule has 0 radical (unpaired) electrons. The highest BCUT2D eigenvalue weighted by molar-refractivity contribution is 9.10. The second-order valence-corrected chi connectivity index (χ2v) is 10.1. The van der Waals surface area contributed by atoms with Crippen LogP contribution in [0.25, 0.3) is 10.9 Å². The molecule has 4 rings (SSSR count). The third-order valence-corrected chi connectivity index (χ3v) is 6.78. The number of nitrogens with one attached hydrogen (secondary N) is 3. The fourth-order valence-electron chi connectivity index (χ4n) is 4.64. The molecule has 1 saturated carbocycles. The fraction of sp³-hybridized carbons (Fsp3) is 0.385. The molecule has 0 aliphatic heterocycles. The highest BCUT2D eigenvalue weighted by atomic mass is 79.9. The topological polar surface area (TPSA) is 69.3 Å². The van der Waals surface area contributed by atoms with Crippen LogP contribution in [0.1, 0.15) is 36.8 Å². The number of pyridine rings is 1. The van der Waals surface area contributed by atoms with Crippen LogP contribution in [-0.4, -0.2) is 37.2 Å². The van der Waals surface area contributed by atoms with Crippen LogP contribution >= 0.6 is 15.9 Å². The Bertz CT molecular complexity index is 1130. The molecule has 1 aliphatic rings. The van der Waals surface area contributed by atoms with Gasteiger partial charge in [-0.15, -0.1) is 0 Å². The number of aryl methyl sites for hydroxylation is 2. The lowest BCUT2D eigenvalue weighted by atomic mass is 9.91. The van der Waals surface area contributed by atoms with Gasteiger partial charge in [0.05, 0.1) is 5.52 Å². The molecule has 3 aromatic rings. The average molecular weight is 510 g/mol. The number of amides is 2. The summed E-state index contributed by atoms with van der Waals surface area (Å²) < 4.78 is 1.02. The van der Waals surface area contributed by atoms with Crippen molar-refractivity contribution in [2.75, 3.05) is 29.6 Å². The van der Waals surface area contributed by atoms with Crippen LogP contribution in [0.3, 0.4) is 0 Å². The summed E-state index contributed by atoms with van der Waals surface area (Å²) in [5.41, 5.74) is 5.13. The lowest BCUT2D eigenvalue weighted by molar-refractivity contribution is 0.243. The molecule has 1 aromatic heterocycles. The molecule has 0 unspecified atom stereocenters. The largest absolute Gasteiger partial charge is 0.377 e. The summed E-state index contributed by atoms with van der Waals surface area (Å²) in [6, 6.07) is 14.8. The van der Waals surface area contributed by atoms with Crippen LogP contribution in [0.4, 0.5) is 22.0 Å². The van der Waals surface area contributed by atoms with E-state index in [4.69, 9.17) is 4.98 Å². The molecule has 0 bridgehead atoms. The third kappa shape index (κ3) is 5.58. The van der Waals surface area contributed by atoms with Gasteiger partial charge in [-0.2, -0.15) is 0 Å². The van der Waals surface area contributed by atoms with Gasteiger partial charge in [0.25, 0.3) is 0 Å². The minimum atomic E-state index is -0.133. The van der Waals surface area contributed by atoms with Crippen molar-refractivity contribution in [3.8, 4) is 0 Å². The zero-order chi connectivity index (χ0) is 23.5. The Morgan fingerprint density at radius 3 is 2.30 bits per heavy atom. The van der Waals surface area contributed by atoms with Crippen molar-refractivity contribution >= 4 is 50.1 Å². The summed E-state index contributed by atoms with van der Waals surface area (Å²) in [6.45, 7) is 4.01. The van der Waals surface area contributed by atoms with Gasteiger partial charge in [0.2, 0.25) is 0 Å². The number of anilines is 3. The number of carbonyl (C=O) groups excluding carboxylic acids is 1. The number of nitrogens with zero attached hydrogens (tertiary/aromatic N) is 2. The van der Waals surface area contributed by atoms with Crippen molar-refractivity contribution in [1.82, 2.24) is 10.3 Å². The monoisotopic (exact) mass is 509 g/mol. The molecule has 2 amide bonds. The highest BCUT2D eigenvalue weighted by Gasteiger charge is 2.23. The summed E-state index contributed by atoms with van der Waals surface area (Å²) in [7, 11) is 4.12. The van der Waals surface area contributed by atoms with Gasteiger partial charge in [-0.3, -0.25) is 0 Å². The number of halogens is 1. The first-order chi connectivity index (χ1) is 15.8. The second kappa shape index (κ2) is 10.00. The summed E-state index contributed by atoms with van der Waals surface area (Å²) in [5.74, 6) is 0.910. The van der Waals surface area contributed by atoms with E-state index in [1.54, 1.807) is 0 Å². The molecule has 7 heteroatoms. The van der Waals surface area contributed by atoms with E-state index in [0.29, 0.717) is 6.04 Å². The first-order valence-corrected chi connectivity index (χ1v) is 12.3. The number of benzene rings is 2. The molecule has 1 aliphatic carbocycles. The molecule has 2 aromatic carbocycles. The van der Waals surface area contributed by atoms with Gasteiger partial charge in [-0.25, -0.2) is 9.78 Å². The van der Waals surface area contributed by atoms with E-state index in [1.165, 1.54) is 0 Å². The standard InChI is InChI=1S/C26H32BrN5O/c1-16-13-18(27)14-17(2)25(16)31-26(33)29-20-11-9-19(10-12-20)28-24-15-23(32(3)4)21-7-5-6-8-22(21)30-24/h5-8,13-15,19-20H,9-12H2,1-4H3,(H,28,30)(H2,29,31,33)/t19-,20+. The van der Waals surface area contributed by atoms with E-state index < -0.39 is 0 Å². The van der Waals surface area contributed by atoms with Crippen molar-refractivity contribution in [1.29, 1.82) is 0 Å². The Morgan fingerprint density at radius 1 is 1.00 bits per heavy atom. The molecule has 33 heavy (non-hydrogen) atoms. The van der Waals surface area contributed by atoms with Gasteiger partial charge >= 0.3 is 6.03 Å². The van der Waals surface area contributed by atoms with Crippen LogP contribution < -0.4 is 20.9 Å². The SMILES string of the molecule is Cc1cc(Br)cc(C)c1NC(=O)N[C@H]1CC[C@@H](Nc2cc(N(C)C)c3ccccc3n2)CC1. The van der Waals surface area contributed by atoms with Crippen molar-refractivity contribution in [2.45, 2.75) is 51.6 Å². The van der Waals surface area contributed by atoms with Gasteiger partial charge in [0.1, 0.15) is 5.82 Å². The molecule has 174 valence electrons. The first-order valence-electron chi connectivity index (χ1n) is 11.5. The molecule has 0 atom stereocenters. The maximum atomic E-state index is 12.6. The summed E-state index contributed by atoms with van der Waals surface area (Å²) in [6.07, 6.45) is 3.87. The van der Waals surface area contributed by atoms with E-state index in [0.717, 1.165) is 69.4 Å². The molecule has 0 spiro atoms. The Labute approximate surface area is 204 Å². The number of hydrogen-bond donors (Lipinski definition) is 3. The van der Waals surface area contributed by atoms with E-state index in [9.17, 15) is 4.79 Å². The van der Waals surface area contributed by atoms with E-state index in [1.807, 2.05) is 38.1 Å². The van der Waals surface area contributed by atoms with E-state index in [-0.39, 0.29) is 12.1 Å². The van der Waals surface area contributed by atoms with Crippen molar-refractivity contribution in [2.24, 2.45) is 0 Å². The maximum Gasteiger partial charge on any atom is 0.319 e. The Morgan fingerprint density at radius 2 is 1.64 bits per heavy atom. The Balaban J connectivity index is 1.34. The van der Waals surface area contributed by atoms with Gasteiger partial charge in [-0.05, 0) is 68.9 Å². The van der Waals surface area contributed by atoms with Crippen LogP contribution in [0.5, 0.6) is 0 Å². The fourth-order valence-corrected chi connectivity index (χ4v) is 5.32. The van der Waals surface area contributed by atoms with Gasteiger partial charge < -0.3 is 20.9 Å². The molecule has 0 saturated heterocycles. The van der Waals surface area contributed by atoms with Crippen molar-refractivity contribution < 1.29 is 4.79 Å². The molecule has 1 fully saturated rings. The molecule has 1 heterocycles. The normalized spacial score (nSPS) is 18.1. The predicted molar refractivity (Wildman–Crippen MR) is 142 cm³/mol. The average Bonchev–Trinajstić information content (AvgIpc) is 2.77. The number of rotatable bonds is 5. The highest BCUT2D eigenvalue weighted by Crippen LogP contribution is 2.29. The molecule has 6 nitrogen and oxygen atoms in total. The minimum absolute atomic E-state index is 0.133. The number of para-hydroxylation sites is 1. The number of hydrogen-bond acceptors (Lipinski definition) is 4. The van der Waals surface area contributed by atoms with Crippen LogP contribution in [0.2, 0.25) is 0 Å². The van der Waals surface area contributed by atoms with E-state index >= 15 is 0 Å². The summed E-state index contributed by atoms with van der Waals surface area (Å²) in [4.78, 5) is 19.6. The summed E-state index contributed by atoms with van der Waals surface area (Å²) >= 11 is 3.50. The lowest BCUT2D eigenvalue weighted by Crippen LogP contribution is -2.42. The number of carbonyl (C=O) groups is 1. The number of fused-ring (bicyclic) bond motifs is 1. The van der Waals surface area contributed by atoms with Crippen LogP contribution in [-0.2, 0) is 0 Å². The Hall–Kier alpha value is -2.80. The molecular weight excluding hydrogens is 478 g/mol. The van der Waals surface area contributed by atoms with Crippen LogP contribution in [0, 0.1) is 13.8 Å². The summed E-state index contributed by atoms with van der Waals surface area (Å²) in [5, 5.41) is 11.0. The number of aromatic nitrogens is 1. The van der Waals surface area contributed by atoms with Crippen LogP contribution in [0.15, 0.2) is 46.9 Å². The lowest BCUT2D eigenvalue weighted by Gasteiger charge is -2.30. The maximum absolute atomic E-state index is 12.6. The van der Waals surface area contributed by atoms with Gasteiger partial charge in [-0.1, -0.05) is 34.1 Å². The zero-order valence-electron chi connectivity index (χ0n) is 19.7. The van der Waals surface area contributed by atoms with Gasteiger partial charge in [0.15, 0.2) is 0 Å². The van der Waals surface area contributed by atoms with Crippen molar-refractivity contribution in [3.05, 3.63) is 58.1 Å². The van der Waals surface area contributed by atoms with E-state index in [2.05, 4.69) is 69.1 Å². The Kier molecular flexibility index (Phi) is 7.08. The predicted octanol–water partition coefficient (Wildman–Crippen LogP) is 6.22. The minimum Gasteiger partial charge on any atom is -0.377 e. The zero-order valence-corrected chi connectivity index (χ0v) is 21.3. The first kappa shape index (κ1) is 23.4. The molecular formula is C26H32BrN5O. The molecule has 3 N–H and O–H groups in total. The van der Waals surface area contributed by atoms with Crippen molar-refractivity contribution in [3.63, 3.8) is 0 Å². The smallest absolute Gasteiger partial charge is 0.319 e. The third-order valence-electron chi connectivity index (χ3n) is 6.33. The quantitative estimate of drug-likeness (QED) is 0.381. The van der Waals surface area contributed by atoms with Gasteiger partial charge in [0, 0.05) is 53.5 Å².